The Morgan fingerprint density at radius 1 is 1.05 bits per heavy atom. The first-order valence-corrected chi connectivity index (χ1v) is 7.45. The molecule has 21 heavy (non-hydrogen) atoms. The van der Waals surface area contributed by atoms with E-state index in [9.17, 15) is 0 Å². The lowest BCUT2D eigenvalue weighted by molar-refractivity contribution is 0.789. The predicted molar refractivity (Wildman–Crippen MR) is 85.0 cm³/mol. The minimum absolute atomic E-state index is 0.121. The van der Waals surface area contributed by atoms with Crippen LogP contribution in [0.15, 0.2) is 24.3 Å². The number of benzene rings is 1. The van der Waals surface area contributed by atoms with Gasteiger partial charge in [-0.1, -0.05) is 38.1 Å². The maximum absolute atomic E-state index is 5.61. The van der Waals surface area contributed by atoms with E-state index < -0.39 is 0 Å². The summed E-state index contributed by atoms with van der Waals surface area (Å²) in [5, 5.41) is 11.7. The molecule has 1 aromatic heterocycles. The molecule has 0 aliphatic rings. The van der Waals surface area contributed by atoms with Crippen molar-refractivity contribution in [1.82, 2.24) is 15.2 Å². The van der Waals surface area contributed by atoms with Crippen LogP contribution in [0.1, 0.15) is 49.3 Å². The smallest absolute Gasteiger partial charge is 0.243 e. The fraction of sp³-hybridized carbons (Fsp3) is 0.438. The highest BCUT2D eigenvalue weighted by molar-refractivity contribution is 5.33. The van der Waals surface area contributed by atoms with Crippen molar-refractivity contribution in [3.8, 4) is 0 Å². The lowest BCUT2D eigenvalue weighted by Gasteiger charge is -2.15. The maximum Gasteiger partial charge on any atom is 0.243 e. The molecule has 0 bridgehead atoms. The van der Waals surface area contributed by atoms with Crippen LogP contribution in [0.5, 0.6) is 0 Å². The molecule has 0 spiro atoms. The Morgan fingerprint density at radius 3 is 2.29 bits per heavy atom. The van der Waals surface area contributed by atoms with Crippen molar-refractivity contribution in [3.63, 3.8) is 0 Å². The Morgan fingerprint density at radius 2 is 1.71 bits per heavy atom. The van der Waals surface area contributed by atoms with E-state index in [2.05, 4.69) is 53.4 Å². The van der Waals surface area contributed by atoms with Crippen molar-refractivity contribution in [2.45, 2.75) is 46.2 Å². The zero-order valence-corrected chi connectivity index (χ0v) is 12.9. The molecule has 0 fully saturated rings. The maximum atomic E-state index is 5.61. The number of nitrogens with two attached hydrogens (primary N) is 1. The fourth-order valence-electron chi connectivity index (χ4n) is 2.22. The van der Waals surface area contributed by atoms with Crippen LogP contribution in [-0.2, 0) is 19.4 Å². The summed E-state index contributed by atoms with van der Waals surface area (Å²) >= 11 is 0. The second kappa shape index (κ2) is 7.13. The Bertz CT molecular complexity index is 580. The average Bonchev–Trinajstić information content (AvgIpc) is 2.54. The van der Waals surface area contributed by atoms with Gasteiger partial charge < -0.3 is 11.1 Å². The molecule has 0 radical (unpaired) electrons. The standard InChI is InChI=1S/C16H23N5/c1-4-14-15(5-2)20-21-16(19-14)18-11(3)13-8-6-12(10-17)7-9-13/h6-9,11H,4-5,10,17H2,1-3H3,(H,18,19,21). The molecule has 1 aromatic carbocycles. The van der Waals surface area contributed by atoms with Gasteiger partial charge in [0.05, 0.1) is 17.4 Å². The average molecular weight is 285 g/mol. The van der Waals surface area contributed by atoms with Gasteiger partial charge in [0.1, 0.15) is 0 Å². The Balaban J connectivity index is 2.12. The number of aryl methyl sites for hydroxylation is 2. The minimum Gasteiger partial charge on any atom is -0.346 e. The van der Waals surface area contributed by atoms with Crippen LogP contribution in [-0.4, -0.2) is 15.2 Å². The lowest BCUT2D eigenvalue weighted by atomic mass is 10.1. The highest BCUT2D eigenvalue weighted by Crippen LogP contribution is 2.18. The Labute approximate surface area is 126 Å². The van der Waals surface area contributed by atoms with Gasteiger partial charge in [0.15, 0.2) is 0 Å². The molecule has 0 saturated heterocycles. The quantitative estimate of drug-likeness (QED) is 0.853. The summed E-state index contributed by atoms with van der Waals surface area (Å²) < 4.78 is 0. The molecule has 0 amide bonds. The molecule has 0 aliphatic heterocycles. The summed E-state index contributed by atoms with van der Waals surface area (Å²) in [6, 6.07) is 8.37. The van der Waals surface area contributed by atoms with Crippen molar-refractivity contribution >= 4 is 5.95 Å². The monoisotopic (exact) mass is 285 g/mol. The Hall–Kier alpha value is -2.01. The number of nitrogens with one attached hydrogen (secondary N) is 1. The number of nitrogens with zero attached hydrogens (tertiary/aromatic N) is 3. The molecule has 2 rings (SSSR count). The van der Waals surface area contributed by atoms with E-state index in [1.165, 1.54) is 5.56 Å². The summed E-state index contributed by atoms with van der Waals surface area (Å²) in [6.45, 7) is 6.80. The van der Waals surface area contributed by atoms with E-state index in [1.807, 2.05) is 12.1 Å². The number of aromatic nitrogens is 3. The fourth-order valence-corrected chi connectivity index (χ4v) is 2.22. The highest BCUT2D eigenvalue weighted by Gasteiger charge is 2.10. The molecule has 1 heterocycles. The van der Waals surface area contributed by atoms with E-state index in [1.54, 1.807) is 0 Å². The first kappa shape index (κ1) is 15.4. The molecule has 2 aromatic rings. The van der Waals surface area contributed by atoms with Crippen LogP contribution in [0.3, 0.4) is 0 Å². The van der Waals surface area contributed by atoms with Crippen LogP contribution in [0.2, 0.25) is 0 Å². The van der Waals surface area contributed by atoms with E-state index in [-0.39, 0.29) is 6.04 Å². The Kier molecular flexibility index (Phi) is 5.22. The van der Waals surface area contributed by atoms with Crippen molar-refractivity contribution in [2.24, 2.45) is 5.73 Å². The molecule has 0 saturated carbocycles. The van der Waals surface area contributed by atoms with Crippen molar-refractivity contribution in [3.05, 3.63) is 46.8 Å². The highest BCUT2D eigenvalue weighted by atomic mass is 15.2. The molecular formula is C16H23N5. The van der Waals surface area contributed by atoms with Crippen molar-refractivity contribution in [2.75, 3.05) is 5.32 Å². The van der Waals surface area contributed by atoms with Crippen LogP contribution < -0.4 is 11.1 Å². The summed E-state index contributed by atoms with van der Waals surface area (Å²) in [5.41, 5.74) is 9.91. The number of rotatable bonds is 6. The van der Waals surface area contributed by atoms with Crippen LogP contribution in [0.25, 0.3) is 0 Å². The topological polar surface area (TPSA) is 76.7 Å². The lowest BCUT2D eigenvalue weighted by Crippen LogP contribution is -2.13. The van der Waals surface area contributed by atoms with Gasteiger partial charge in [0, 0.05) is 6.54 Å². The molecule has 1 atom stereocenters. The molecule has 5 nitrogen and oxygen atoms in total. The van der Waals surface area contributed by atoms with E-state index in [0.29, 0.717) is 12.5 Å². The summed E-state index contributed by atoms with van der Waals surface area (Å²) in [6.07, 6.45) is 1.73. The van der Waals surface area contributed by atoms with Gasteiger partial charge in [0.2, 0.25) is 5.95 Å². The van der Waals surface area contributed by atoms with Crippen molar-refractivity contribution in [1.29, 1.82) is 0 Å². The predicted octanol–water partition coefficient (Wildman–Crippen LogP) is 2.63. The summed E-state index contributed by atoms with van der Waals surface area (Å²) in [5.74, 6) is 0.583. The number of hydrogen-bond acceptors (Lipinski definition) is 5. The third-order valence-corrected chi connectivity index (χ3v) is 3.57. The largest absolute Gasteiger partial charge is 0.346 e. The SMILES string of the molecule is CCc1nnc(NC(C)c2ccc(CN)cc2)nc1CC. The number of anilines is 1. The van der Waals surface area contributed by atoms with Crippen LogP contribution >= 0.6 is 0 Å². The second-order valence-electron chi connectivity index (χ2n) is 5.05. The third kappa shape index (κ3) is 3.76. The molecule has 0 aliphatic carbocycles. The molecule has 5 heteroatoms. The van der Waals surface area contributed by atoms with Gasteiger partial charge in [0.25, 0.3) is 0 Å². The van der Waals surface area contributed by atoms with E-state index in [4.69, 9.17) is 5.73 Å². The van der Waals surface area contributed by atoms with Crippen molar-refractivity contribution < 1.29 is 0 Å². The third-order valence-electron chi connectivity index (χ3n) is 3.57. The number of hydrogen-bond donors (Lipinski definition) is 2. The molecule has 3 N–H and O–H groups in total. The van der Waals surface area contributed by atoms with Crippen LogP contribution in [0.4, 0.5) is 5.95 Å². The first-order chi connectivity index (χ1) is 10.2. The minimum atomic E-state index is 0.121. The molecule has 112 valence electrons. The van der Waals surface area contributed by atoms with E-state index >= 15 is 0 Å². The second-order valence-corrected chi connectivity index (χ2v) is 5.05. The van der Waals surface area contributed by atoms with E-state index in [0.717, 1.165) is 29.8 Å². The molecule has 1 unspecified atom stereocenters. The zero-order valence-electron chi connectivity index (χ0n) is 12.9. The zero-order chi connectivity index (χ0) is 15.2. The molecular weight excluding hydrogens is 262 g/mol. The van der Waals surface area contributed by atoms with Gasteiger partial charge in [-0.25, -0.2) is 4.98 Å². The first-order valence-electron chi connectivity index (χ1n) is 7.45. The summed E-state index contributed by atoms with van der Waals surface area (Å²) in [7, 11) is 0. The van der Waals surface area contributed by atoms with Gasteiger partial charge in [-0.2, -0.15) is 5.10 Å². The van der Waals surface area contributed by atoms with Gasteiger partial charge in [-0.3, -0.25) is 0 Å². The van der Waals surface area contributed by atoms with Gasteiger partial charge in [-0.15, -0.1) is 5.10 Å². The summed E-state index contributed by atoms with van der Waals surface area (Å²) in [4.78, 5) is 4.56. The normalized spacial score (nSPS) is 12.2. The van der Waals surface area contributed by atoms with Crippen LogP contribution in [0, 0.1) is 0 Å². The van der Waals surface area contributed by atoms with Gasteiger partial charge in [-0.05, 0) is 30.9 Å². The van der Waals surface area contributed by atoms with Gasteiger partial charge >= 0.3 is 0 Å².